The molecule has 0 fully saturated rings. The molecule has 0 saturated carbocycles. The number of halogens is 1. The molecule has 0 amide bonds. The molecule has 0 radical (unpaired) electrons. The van der Waals surface area contributed by atoms with Gasteiger partial charge in [0.05, 0.1) is 11.4 Å². The van der Waals surface area contributed by atoms with Gasteiger partial charge in [-0.3, -0.25) is 9.36 Å². The summed E-state index contributed by atoms with van der Waals surface area (Å²) in [6.45, 7) is 3.84. The minimum Gasteiger partial charge on any atom is -0.492 e. The Hall–Kier alpha value is -3.85. The van der Waals surface area contributed by atoms with Crippen LogP contribution in [0.1, 0.15) is 43.3 Å². The first-order valence-corrected chi connectivity index (χ1v) is 13.6. The van der Waals surface area contributed by atoms with Crippen LogP contribution in [0, 0.1) is 12.9 Å². The van der Waals surface area contributed by atoms with Crippen molar-refractivity contribution in [1.82, 2.24) is 14.5 Å². The predicted molar refractivity (Wildman–Crippen MR) is 139 cm³/mol. The van der Waals surface area contributed by atoms with E-state index in [4.69, 9.17) is 0 Å². The molecule has 192 valence electrons. The molecule has 0 atom stereocenters. The number of rotatable bonds is 9. The van der Waals surface area contributed by atoms with Gasteiger partial charge in [-0.15, -0.1) is 0 Å². The highest BCUT2D eigenvalue weighted by atomic mass is 32.2. The van der Waals surface area contributed by atoms with Crippen LogP contribution >= 0.6 is 0 Å². The van der Waals surface area contributed by atoms with Gasteiger partial charge in [-0.2, -0.15) is 9.37 Å². The van der Waals surface area contributed by atoms with Gasteiger partial charge in [0.1, 0.15) is 5.82 Å². The molecule has 2 aromatic heterocycles. The fourth-order valence-electron chi connectivity index (χ4n) is 4.22. The van der Waals surface area contributed by atoms with Crippen molar-refractivity contribution in [2.45, 2.75) is 55.9 Å². The number of aromatic nitrogens is 3. The van der Waals surface area contributed by atoms with Gasteiger partial charge < -0.3 is 5.11 Å². The smallest absolute Gasteiger partial charge is 0.277 e. The number of aromatic hydroxyl groups is 1. The zero-order valence-corrected chi connectivity index (χ0v) is 21.5. The van der Waals surface area contributed by atoms with Crippen LogP contribution in [0.2, 0.25) is 0 Å². The summed E-state index contributed by atoms with van der Waals surface area (Å²) in [6, 6.07) is 17.8. The van der Waals surface area contributed by atoms with Crippen molar-refractivity contribution >= 4 is 9.84 Å². The maximum atomic E-state index is 13.6. The molecule has 2 aromatic carbocycles. The molecule has 2 heterocycles. The third kappa shape index (κ3) is 5.61. The van der Waals surface area contributed by atoms with E-state index in [2.05, 4.69) is 16.9 Å². The van der Waals surface area contributed by atoms with E-state index in [0.717, 1.165) is 24.8 Å². The Labute approximate surface area is 215 Å². The van der Waals surface area contributed by atoms with Gasteiger partial charge >= 0.3 is 0 Å². The Bertz CT molecular complexity index is 1570. The maximum absolute atomic E-state index is 13.6. The lowest BCUT2D eigenvalue weighted by molar-refractivity contribution is 0.419. The average molecular weight is 522 g/mol. The van der Waals surface area contributed by atoms with Crippen molar-refractivity contribution in [3.63, 3.8) is 0 Å². The van der Waals surface area contributed by atoms with Crippen molar-refractivity contribution in [3.8, 4) is 17.0 Å². The minimum atomic E-state index is -4.39. The lowest BCUT2D eigenvalue weighted by atomic mass is 10.1. The van der Waals surface area contributed by atoms with Crippen LogP contribution in [0.4, 0.5) is 4.39 Å². The number of aryl methyl sites for hydroxylation is 2. The van der Waals surface area contributed by atoms with E-state index >= 15 is 0 Å². The van der Waals surface area contributed by atoms with Crippen LogP contribution in [0.25, 0.3) is 11.1 Å². The highest BCUT2D eigenvalue weighted by Gasteiger charge is 2.29. The lowest BCUT2D eigenvalue weighted by Crippen LogP contribution is -2.30. The predicted octanol–water partition coefficient (Wildman–Crippen LogP) is 5.07. The zero-order valence-electron chi connectivity index (χ0n) is 20.7. The standard InChI is InChI=1S/C28H28FN3O4S/c1-3-4-6-11-25-31-27(33)26(28(34)32(25)18-20-9-7-5-8-10-20)37(35,36)22-14-12-21(13-15-22)23-16-17-24(29)30-19(23)2/h5,7-10,12-17,33H,3-4,6,11,18H2,1-2H3. The van der Waals surface area contributed by atoms with Crippen LogP contribution in [0.3, 0.4) is 0 Å². The summed E-state index contributed by atoms with van der Waals surface area (Å²) in [7, 11) is -4.39. The second-order valence-electron chi connectivity index (χ2n) is 8.81. The van der Waals surface area contributed by atoms with Gasteiger partial charge in [0, 0.05) is 17.7 Å². The van der Waals surface area contributed by atoms with E-state index in [0.29, 0.717) is 29.1 Å². The molecule has 4 rings (SSSR count). The van der Waals surface area contributed by atoms with E-state index in [1.54, 1.807) is 25.1 Å². The molecule has 1 N–H and O–H groups in total. The van der Waals surface area contributed by atoms with Crippen LogP contribution in [0.5, 0.6) is 5.88 Å². The minimum absolute atomic E-state index is 0.132. The first kappa shape index (κ1) is 26.2. The fourth-order valence-corrected chi connectivity index (χ4v) is 5.58. The van der Waals surface area contributed by atoms with E-state index in [-0.39, 0.29) is 11.4 Å². The Balaban J connectivity index is 1.77. The van der Waals surface area contributed by atoms with Crippen molar-refractivity contribution in [1.29, 1.82) is 0 Å². The normalized spacial score (nSPS) is 11.5. The molecule has 0 unspecified atom stereocenters. The van der Waals surface area contributed by atoms with Gasteiger partial charge in [0.15, 0.2) is 4.90 Å². The molecule has 0 spiro atoms. The van der Waals surface area contributed by atoms with E-state index in [1.807, 2.05) is 30.3 Å². The summed E-state index contributed by atoms with van der Waals surface area (Å²) in [5.74, 6) is -1.06. The molecular weight excluding hydrogens is 493 g/mol. The second-order valence-corrected chi connectivity index (χ2v) is 10.7. The van der Waals surface area contributed by atoms with Gasteiger partial charge in [-0.1, -0.05) is 62.2 Å². The summed E-state index contributed by atoms with van der Waals surface area (Å²) >= 11 is 0. The number of hydrogen-bond acceptors (Lipinski definition) is 6. The SMILES string of the molecule is CCCCCc1nc(O)c(S(=O)(=O)c2ccc(-c3ccc(F)nc3C)cc2)c(=O)n1Cc1ccccc1. The highest BCUT2D eigenvalue weighted by Crippen LogP contribution is 2.28. The van der Waals surface area contributed by atoms with E-state index in [1.165, 1.54) is 22.8 Å². The Morgan fingerprint density at radius 3 is 2.30 bits per heavy atom. The third-order valence-electron chi connectivity index (χ3n) is 6.17. The summed E-state index contributed by atoms with van der Waals surface area (Å²) < 4.78 is 41.8. The maximum Gasteiger partial charge on any atom is 0.277 e. The van der Waals surface area contributed by atoms with Gasteiger partial charge in [0.2, 0.25) is 21.7 Å². The van der Waals surface area contributed by atoms with Gasteiger partial charge in [0.25, 0.3) is 5.56 Å². The molecule has 37 heavy (non-hydrogen) atoms. The van der Waals surface area contributed by atoms with Crippen LogP contribution in [-0.2, 0) is 22.8 Å². The van der Waals surface area contributed by atoms with Crippen LogP contribution in [0.15, 0.2) is 81.3 Å². The first-order valence-electron chi connectivity index (χ1n) is 12.1. The zero-order chi connectivity index (χ0) is 26.6. The van der Waals surface area contributed by atoms with E-state index in [9.17, 15) is 22.7 Å². The summed E-state index contributed by atoms with van der Waals surface area (Å²) in [6.07, 6.45) is 3.06. The Morgan fingerprint density at radius 1 is 0.946 bits per heavy atom. The molecule has 0 bridgehead atoms. The van der Waals surface area contributed by atoms with Crippen molar-refractivity contribution < 1.29 is 17.9 Å². The number of sulfone groups is 1. The van der Waals surface area contributed by atoms with Crippen molar-refractivity contribution in [2.75, 3.05) is 0 Å². The molecule has 0 aliphatic carbocycles. The Kier molecular flexibility index (Phi) is 7.83. The fraction of sp³-hybridized carbons (Fsp3) is 0.250. The summed E-state index contributed by atoms with van der Waals surface area (Å²) in [4.78, 5) is 20.6. The molecule has 9 heteroatoms. The first-order chi connectivity index (χ1) is 17.7. The number of nitrogens with zero attached hydrogens (tertiary/aromatic N) is 3. The second kappa shape index (κ2) is 11.0. The lowest BCUT2D eigenvalue weighted by Gasteiger charge is -2.15. The largest absolute Gasteiger partial charge is 0.492 e. The molecule has 7 nitrogen and oxygen atoms in total. The topological polar surface area (TPSA) is 102 Å². The van der Waals surface area contributed by atoms with Crippen molar-refractivity contribution in [2.24, 2.45) is 0 Å². The number of hydrogen-bond donors (Lipinski definition) is 1. The van der Waals surface area contributed by atoms with Crippen LogP contribution < -0.4 is 5.56 Å². The summed E-state index contributed by atoms with van der Waals surface area (Å²) in [5, 5.41) is 10.7. The van der Waals surface area contributed by atoms with Gasteiger partial charge in [-0.25, -0.2) is 13.4 Å². The monoisotopic (exact) mass is 521 g/mol. The number of unbranched alkanes of at least 4 members (excludes halogenated alkanes) is 2. The molecule has 0 aliphatic heterocycles. The highest BCUT2D eigenvalue weighted by molar-refractivity contribution is 7.91. The van der Waals surface area contributed by atoms with E-state index < -0.39 is 32.1 Å². The summed E-state index contributed by atoms with van der Waals surface area (Å²) in [5.41, 5.74) is 1.74. The van der Waals surface area contributed by atoms with Crippen LogP contribution in [-0.4, -0.2) is 28.1 Å². The molecule has 0 aliphatic rings. The molecule has 4 aromatic rings. The number of pyridine rings is 1. The average Bonchev–Trinajstić information content (AvgIpc) is 2.87. The van der Waals surface area contributed by atoms with Gasteiger partial charge in [-0.05, 0) is 48.7 Å². The van der Waals surface area contributed by atoms with Crippen molar-refractivity contribution in [3.05, 3.63) is 100 Å². The molecular formula is C28H28FN3O4S. The molecule has 0 saturated heterocycles. The quantitative estimate of drug-likeness (QED) is 0.244. The third-order valence-corrected chi connectivity index (χ3v) is 7.96. The Morgan fingerprint density at radius 2 is 1.65 bits per heavy atom. The number of benzene rings is 2.